The highest BCUT2D eigenvalue weighted by molar-refractivity contribution is 7.22. The fourth-order valence-electron chi connectivity index (χ4n) is 8.49. The summed E-state index contributed by atoms with van der Waals surface area (Å²) >= 11 is 3.00. The highest BCUT2D eigenvalue weighted by Gasteiger charge is 2.44. The molecule has 2 aromatic heterocycles. The van der Waals surface area contributed by atoms with Crippen LogP contribution in [0.1, 0.15) is 67.3 Å². The van der Waals surface area contributed by atoms with Crippen LogP contribution in [-0.2, 0) is 23.9 Å². The molecule has 0 saturated carbocycles. The van der Waals surface area contributed by atoms with Gasteiger partial charge < -0.3 is 49.8 Å². The Hall–Kier alpha value is -7.68. The Morgan fingerprint density at radius 1 is 0.829 bits per heavy atom. The third-order valence-electron chi connectivity index (χ3n) is 12.5. The van der Waals surface area contributed by atoms with Gasteiger partial charge in [0.2, 0.25) is 17.7 Å². The number of β-amino-alcohol motifs (C(OH)–C–C–N with tert-alkyl or cyclic N) is 1. The molecule has 1 aliphatic heterocycles. The zero-order valence-corrected chi connectivity index (χ0v) is 44.3. The number of hydrazone groups is 1. The van der Waals surface area contributed by atoms with Gasteiger partial charge in [-0.05, 0) is 126 Å². The fraction of sp³-hybridized carbons (Fsp3) is 0.298. The maximum Gasteiger partial charge on any atom is 0.271 e. The number of aromatic nitrogens is 1. The summed E-state index contributed by atoms with van der Waals surface area (Å²) in [4.78, 5) is 61.5. The average Bonchev–Trinajstić information content (AvgIpc) is 4.13. The van der Waals surface area contributed by atoms with Crippen LogP contribution >= 0.6 is 22.7 Å². The largest absolute Gasteiger partial charge is 0.508 e. The molecule has 19 heteroatoms. The van der Waals surface area contributed by atoms with E-state index in [4.69, 9.17) is 18.9 Å². The number of phenols is 2. The molecule has 396 valence electrons. The van der Waals surface area contributed by atoms with Gasteiger partial charge in [0.25, 0.3) is 5.91 Å². The molecule has 76 heavy (non-hydrogen) atoms. The molecule has 0 spiro atoms. The Kier molecular flexibility index (Phi) is 17.8. The predicted octanol–water partition coefficient (Wildman–Crippen LogP) is 8.75. The molecule has 6 N–H and O–H groups in total. The van der Waals surface area contributed by atoms with Gasteiger partial charge in [-0.2, -0.15) is 5.10 Å². The summed E-state index contributed by atoms with van der Waals surface area (Å²) in [5.74, 6) is 0.0291. The van der Waals surface area contributed by atoms with Gasteiger partial charge >= 0.3 is 0 Å². The minimum atomic E-state index is -0.997. The van der Waals surface area contributed by atoms with Crippen molar-refractivity contribution in [1.29, 1.82) is 0 Å². The minimum Gasteiger partial charge on any atom is -0.508 e. The highest BCUT2D eigenvalue weighted by atomic mass is 32.1. The number of phenolic OH excluding ortho intramolecular Hbond substituents is 2. The molecular weight excluding hydrogens is 1010 g/mol. The van der Waals surface area contributed by atoms with E-state index in [-0.39, 0.29) is 69.4 Å². The van der Waals surface area contributed by atoms with Crippen LogP contribution in [0.5, 0.6) is 28.7 Å². The lowest BCUT2D eigenvalue weighted by Gasteiger charge is -2.35. The van der Waals surface area contributed by atoms with Crippen LogP contribution in [0.25, 0.3) is 31.0 Å². The molecule has 1 saturated heterocycles. The van der Waals surface area contributed by atoms with E-state index in [1.807, 2.05) is 64.4 Å². The molecule has 17 nitrogen and oxygen atoms in total. The number of benzene rings is 5. The molecule has 4 unspecified atom stereocenters. The van der Waals surface area contributed by atoms with Crippen molar-refractivity contribution >= 4 is 62.6 Å². The number of aryl methyl sites for hydroxylation is 1. The number of carbonyl (C=O) groups excluding carboxylic acids is 4. The van der Waals surface area contributed by atoms with Crippen molar-refractivity contribution < 1.29 is 53.4 Å². The molecule has 0 aliphatic carbocycles. The summed E-state index contributed by atoms with van der Waals surface area (Å²) < 4.78 is 24.2. The summed E-state index contributed by atoms with van der Waals surface area (Å²) in [5, 5.41) is 41.3. The van der Waals surface area contributed by atoms with Gasteiger partial charge in [0.15, 0.2) is 5.75 Å². The minimum absolute atomic E-state index is 0.0396. The van der Waals surface area contributed by atoms with E-state index in [0.29, 0.717) is 28.4 Å². The van der Waals surface area contributed by atoms with Crippen molar-refractivity contribution in [3.05, 3.63) is 143 Å². The van der Waals surface area contributed by atoms with Crippen LogP contribution in [0.2, 0.25) is 0 Å². The van der Waals surface area contributed by atoms with Crippen LogP contribution in [0.3, 0.4) is 0 Å². The first kappa shape index (κ1) is 54.6. The predicted molar refractivity (Wildman–Crippen MR) is 292 cm³/mol. The fourth-order valence-corrected chi connectivity index (χ4v) is 10.5. The van der Waals surface area contributed by atoms with Crippen molar-refractivity contribution in [2.75, 3.05) is 39.6 Å². The average molecular weight is 1070 g/mol. The van der Waals surface area contributed by atoms with Gasteiger partial charge in [-0.3, -0.25) is 19.2 Å². The number of carbonyl (C=O) groups is 4. The number of nitrogens with one attached hydrogen (secondary N) is 3. The van der Waals surface area contributed by atoms with E-state index < -0.39 is 41.3 Å². The standard InChI is InChI=1S/C57H60N6O11S2/c1-34(37-11-13-38(14-12-37)51-35(2)58-33-75-51)60-55(69)47-28-43(66)31-63(47)56(70)53(57(3,4)5)61-49(67)32-72-24-23-71-25-26-73-44-20-9-36(10-21-44)30-59-62-54(68)40-7-6-8-45(27-40)74-50-46-22-19-42(65)29-48(46)76-52(50)39-15-17-41(64)18-16-39/h6-22,27,29-30,33-34,43,47,53,64-66H,23-26,28,31-32H2,1-5H3,(H,60,69)(H,61,67)(H,62,68). The van der Waals surface area contributed by atoms with Crippen molar-refractivity contribution in [2.24, 2.45) is 10.5 Å². The van der Waals surface area contributed by atoms with Crippen LogP contribution in [0.15, 0.2) is 126 Å². The Labute approximate surface area is 448 Å². The van der Waals surface area contributed by atoms with Gasteiger partial charge in [0.05, 0.1) is 59.1 Å². The molecule has 0 radical (unpaired) electrons. The lowest BCUT2D eigenvalue weighted by Crippen LogP contribution is -2.58. The first-order valence-electron chi connectivity index (χ1n) is 24.6. The first-order chi connectivity index (χ1) is 36.5. The third-order valence-corrected chi connectivity index (χ3v) is 14.7. The topological polar surface area (TPSA) is 230 Å². The van der Waals surface area contributed by atoms with E-state index in [2.05, 4.69) is 26.1 Å². The number of ether oxygens (including phenoxy) is 4. The Morgan fingerprint density at radius 3 is 2.25 bits per heavy atom. The normalized spacial score (nSPS) is 15.4. The molecule has 7 aromatic rings. The zero-order valence-electron chi connectivity index (χ0n) is 42.6. The smallest absolute Gasteiger partial charge is 0.271 e. The number of thiazole rings is 1. The summed E-state index contributed by atoms with van der Waals surface area (Å²) in [6.07, 6.45) is 0.683. The number of aliphatic hydroxyl groups is 1. The number of aliphatic hydroxyl groups excluding tert-OH is 1. The summed E-state index contributed by atoms with van der Waals surface area (Å²) in [7, 11) is 0. The number of nitrogens with zero attached hydrogens (tertiary/aromatic N) is 3. The Morgan fingerprint density at radius 2 is 1.53 bits per heavy atom. The summed E-state index contributed by atoms with van der Waals surface area (Å²) in [6.45, 7) is 9.72. The lowest BCUT2D eigenvalue weighted by atomic mass is 9.85. The number of likely N-dealkylation sites (tertiary alicyclic amines) is 1. The summed E-state index contributed by atoms with van der Waals surface area (Å²) in [5.41, 5.74) is 8.37. The first-order valence-corrected chi connectivity index (χ1v) is 26.3. The van der Waals surface area contributed by atoms with E-state index >= 15 is 0 Å². The van der Waals surface area contributed by atoms with Crippen molar-refractivity contribution in [3.8, 4) is 49.6 Å². The number of thiophene rings is 1. The number of hydrogen-bond donors (Lipinski definition) is 6. The van der Waals surface area contributed by atoms with Gasteiger partial charge in [-0.15, -0.1) is 22.7 Å². The van der Waals surface area contributed by atoms with E-state index in [1.54, 1.807) is 102 Å². The molecule has 3 heterocycles. The van der Waals surface area contributed by atoms with E-state index in [0.717, 1.165) is 42.2 Å². The second-order valence-corrected chi connectivity index (χ2v) is 21.2. The number of rotatable bonds is 21. The number of hydrogen-bond acceptors (Lipinski definition) is 15. The molecule has 1 aliphatic rings. The van der Waals surface area contributed by atoms with E-state index in [9.17, 15) is 34.5 Å². The molecule has 4 atom stereocenters. The molecule has 8 rings (SSSR count). The second-order valence-electron chi connectivity index (χ2n) is 19.3. The van der Waals surface area contributed by atoms with Gasteiger partial charge in [0.1, 0.15) is 48.3 Å². The Balaban J connectivity index is 0.730. The maximum absolute atomic E-state index is 14.1. The van der Waals surface area contributed by atoms with Gasteiger partial charge in [0, 0.05) is 28.6 Å². The molecule has 0 bridgehead atoms. The zero-order chi connectivity index (χ0) is 53.9. The molecule has 1 fully saturated rings. The lowest BCUT2D eigenvalue weighted by molar-refractivity contribution is -0.144. The SMILES string of the molecule is Cc1ncsc1-c1ccc(C(C)NC(=O)C2CC(O)CN2C(=O)C(NC(=O)COCCOCCOc2ccc(C=NNC(=O)c3cccc(Oc4c(-c5ccc(O)cc5)sc5cc(O)ccc45)c3)cc2)C(C)(C)C)cc1. The third kappa shape index (κ3) is 14.0. The summed E-state index contributed by atoms with van der Waals surface area (Å²) in [6, 6.07) is 31.2. The van der Waals surface area contributed by atoms with Crippen LogP contribution in [0.4, 0.5) is 0 Å². The molecule has 5 aromatic carbocycles. The monoisotopic (exact) mass is 1070 g/mol. The second kappa shape index (κ2) is 24.8. The van der Waals surface area contributed by atoms with Gasteiger partial charge in [-0.1, -0.05) is 51.1 Å². The maximum atomic E-state index is 14.1. The highest BCUT2D eigenvalue weighted by Crippen LogP contribution is 2.47. The van der Waals surface area contributed by atoms with Gasteiger partial charge in [-0.25, -0.2) is 10.4 Å². The van der Waals surface area contributed by atoms with Crippen LogP contribution in [0, 0.1) is 12.3 Å². The van der Waals surface area contributed by atoms with Crippen molar-refractivity contribution in [1.82, 2.24) is 25.9 Å². The van der Waals surface area contributed by atoms with Crippen LogP contribution in [-0.4, -0.2) is 113 Å². The van der Waals surface area contributed by atoms with E-state index in [1.165, 1.54) is 22.5 Å². The quantitative estimate of drug-likeness (QED) is 0.0225. The van der Waals surface area contributed by atoms with Crippen molar-refractivity contribution in [3.63, 3.8) is 0 Å². The molecule has 4 amide bonds. The molecular formula is C57H60N6O11S2. The number of aromatic hydroxyl groups is 2. The number of fused-ring (bicyclic) bond motifs is 1. The number of amides is 4. The van der Waals surface area contributed by atoms with Crippen LogP contribution < -0.4 is 25.5 Å². The van der Waals surface area contributed by atoms with Crippen molar-refractivity contribution in [2.45, 2.75) is 65.3 Å². The Bertz CT molecular complexity index is 3170.